The van der Waals surface area contributed by atoms with Crippen LogP contribution in [0.2, 0.25) is 0 Å². The second kappa shape index (κ2) is 17.6. The number of hydrogen-bond acceptors (Lipinski definition) is 8. The van der Waals surface area contributed by atoms with Gasteiger partial charge in [0, 0.05) is 58.8 Å². The summed E-state index contributed by atoms with van der Waals surface area (Å²) in [5, 5.41) is 6.68. The first-order valence-electron chi connectivity index (χ1n) is 15.9. The van der Waals surface area contributed by atoms with Crippen LogP contribution in [0.1, 0.15) is 56.2 Å². The summed E-state index contributed by atoms with van der Waals surface area (Å²) in [7, 11) is 1.74. The number of nitrogens with zero attached hydrogens (tertiary/aromatic N) is 1. The van der Waals surface area contributed by atoms with E-state index in [-0.39, 0.29) is 30.0 Å². The van der Waals surface area contributed by atoms with Crippen LogP contribution < -0.4 is 20.3 Å². The Morgan fingerprint density at radius 2 is 1.93 bits per heavy atom. The van der Waals surface area contributed by atoms with Gasteiger partial charge in [-0.05, 0) is 55.0 Å². The van der Waals surface area contributed by atoms with Crippen molar-refractivity contribution in [1.82, 2.24) is 10.6 Å². The minimum atomic E-state index is -0.0449. The molecule has 4 rings (SSSR count). The molecular weight excluding hydrogens is 546 g/mol. The molecule has 0 aliphatic carbocycles. The van der Waals surface area contributed by atoms with Crippen molar-refractivity contribution in [3.8, 4) is 5.75 Å². The van der Waals surface area contributed by atoms with E-state index >= 15 is 0 Å². The summed E-state index contributed by atoms with van der Waals surface area (Å²) in [5.74, 6) is 1.34. The van der Waals surface area contributed by atoms with Crippen LogP contribution in [0.5, 0.6) is 5.75 Å². The highest BCUT2D eigenvalue weighted by molar-refractivity contribution is 5.75. The Kier molecular flexibility index (Phi) is 13.6. The summed E-state index contributed by atoms with van der Waals surface area (Å²) >= 11 is 0. The van der Waals surface area contributed by atoms with E-state index in [1.165, 1.54) is 5.56 Å². The highest BCUT2D eigenvalue weighted by Gasteiger charge is 2.35. The van der Waals surface area contributed by atoms with E-state index in [0.717, 1.165) is 61.8 Å². The first kappa shape index (κ1) is 33.2. The number of amides is 1. The molecule has 238 valence electrons. The lowest BCUT2D eigenvalue weighted by Crippen LogP contribution is -2.50. The number of methoxy groups -OCH3 is 1. The minimum Gasteiger partial charge on any atom is -0.490 e. The van der Waals surface area contributed by atoms with Crippen molar-refractivity contribution < 1.29 is 28.5 Å². The normalized spacial score (nSPS) is 20.7. The van der Waals surface area contributed by atoms with Crippen molar-refractivity contribution in [3.63, 3.8) is 0 Å². The largest absolute Gasteiger partial charge is 0.490 e. The minimum absolute atomic E-state index is 0.0449. The van der Waals surface area contributed by atoms with Crippen LogP contribution >= 0.6 is 0 Å². The molecular formula is C34H51N3O6. The molecule has 0 spiro atoms. The third kappa shape index (κ3) is 9.91. The fraction of sp³-hybridized carbons (Fsp3) is 0.618. The number of fused-ring (bicyclic) bond motifs is 1. The maximum Gasteiger partial charge on any atom is 0.219 e. The van der Waals surface area contributed by atoms with Crippen molar-refractivity contribution in [2.75, 3.05) is 71.2 Å². The quantitative estimate of drug-likeness (QED) is 0.261. The SMILES string of the molecule is CCO[C@H](C)COCc1ccc([C@H]2[C@H](CNC(=O)CC)CNC[C@@H]2OCc2ccc3c(c2)N(CCCOC)CCO3)cc1. The van der Waals surface area contributed by atoms with Crippen LogP contribution in [-0.4, -0.2) is 84.4 Å². The topological polar surface area (TPSA) is 90.5 Å². The van der Waals surface area contributed by atoms with Gasteiger partial charge in [0.1, 0.15) is 12.4 Å². The molecule has 43 heavy (non-hydrogen) atoms. The number of rotatable bonds is 17. The molecule has 2 heterocycles. The number of nitrogens with one attached hydrogen (secondary N) is 2. The molecule has 0 aromatic heterocycles. The standard InChI is InChI=1S/C34H51N3O6/c1-5-33(38)36-20-29-19-35-21-32(34(29)28-11-8-26(9-12-28)23-40-22-25(3)41-6-2)43-24-27-10-13-31-30(18-27)37(15-17-42-31)14-7-16-39-4/h8-13,18,25,29,32,34-35H,5-7,14-17,19-24H2,1-4H3,(H,36,38)/t25-,29+,32+,34+/m1/s1. The monoisotopic (exact) mass is 597 g/mol. The summed E-state index contributed by atoms with van der Waals surface area (Å²) in [6.07, 6.45) is 1.49. The Hall–Kier alpha value is -2.69. The van der Waals surface area contributed by atoms with Crippen LogP contribution in [0.25, 0.3) is 0 Å². The van der Waals surface area contributed by atoms with Crippen molar-refractivity contribution in [2.45, 2.75) is 65.0 Å². The van der Waals surface area contributed by atoms with Gasteiger partial charge in [0.05, 0.1) is 44.3 Å². The zero-order valence-electron chi connectivity index (χ0n) is 26.4. The molecule has 1 amide bonds. The number of carbonyl (C=O) groups excluding carboxylic acids is 1. The summed E-state index contributed by atoms with van der Waals surface area (Å²) in [5.41, 5.74) is 4.59. The molecule has 0 bridgehead atoms. The zero-order valence-corrected chi connectivity index (χ0v) is 26.4. The second-order valence-corrected chi connectivity index (χ2v) is 11.5. The van der Waals surface area contributed by atoms with Gasteiger partial charge >= 0.3 is 0 Å². The fourth-order valence-electron chi connectivity index (χ4n) is 5.94. The maximum absolute atomic E-state index is 12.1. The van der Waals surface area contributed by atoms with Crippen LogP contribution in [0.3, 0.4) is 0 Å². The Morgan fingerprint density at radius 1 is 1.12 bits per heavy atom. The predicted molar refractivity (Wildman–Crippen MR) is 169 cm³/mol. The van der Waals surface area contributed by atoms with Crippen LogP contribution in [0.4, 0.5) is 5.69 Å². The van der Waals surface area contributed by atoms with E-state index in [4.69, 9.17) is 23.7 Å². The van der Waals surface area contributed by atoms with Gasteiger partial charge in [-0.2, -0.15) is 0 Å². The Balaban J connectivity index is 1.45. The van der Waals surface area contributed by atoms with Crippen molar-refractivity contribution in [1.29, 1.82) is 0 Å². The Morgan fingerprint density at radius 3 is 2.70 bits per heavy atom. The number of ether oxygens (including phenoxy) is 5. The molecule has 1 saturated heterocycles. The molecule has 0 unspecified atom stereocenters. The first-order valence-corrected chi connectivity index (χ1v) is 15.9. The lowest BCUT2D eigenvalue weighted by molar-refractivity contribution is -0.121. The highest BCUT2D eigenvalue weighted by atomic mass is 16.5. The summed E-state index contributed by atoms with van der Waals surface area (Å²) in [6.45, 7) is 13.6. The van der Waals surface area contributed by atoms with Gasteiger partial charge in [0.2, 0.25) is 5.91 Å². The Labute approximate surface area is 257 Å². The van der Waals surface area contributed by atoms with E-state index in [1.54, 1.807) is 7.11 Å². The van der Waals surface area contributed by atoms with Gasteiger partial charge in [-0.25, -0.2) is 0 Å². The number of anilines is 1. The number of piperidine rings is 1. The number of hydrogen-bond donors (Lipinski definition) is 2. The maximum atomic E-state index is 12.1. The van der Waals surface area contributed by atoms with Gasteiger partial charge in [-0.1, -0.05) is 37.3 Å². The van der Waals surface area contributed by atoms with Gasteiger partial charge in [0.25, 0.3) is 0 Å². The lowest BCUT2D eigenvalue weighted by atomic mass is 9.79. The molecule has 2 aromatic carbocycles. The molecule has 9 nitrogen and oxygen atoms in total. The van der Waals surface area contributed by atoms with E-state index < -0.39 is 0 Å². The molecule has 1 fully saturated rings. The Bertz CT molecular complexity index is 1110. The van der Waals surface area contributed by atoms with E-state index in [0.29, 0.717) is 46.0 Å². The van der Waals surface area contributed by atoms with Crippen molar-refractivity contribution >= 4 is 11.6 Å². The van der Waals surface area contributed by atoms with E-state index in [2.05, 4.69) is 58.0 Å². The average molecular weight is 598 g/mol. The molecule has 9 heteroatoms. The fourth-order valence-corrected chi connectivity index (χ4v) is 5.94. The van der Waals surface area contributed by atoms with Gasteiger partial charge < -0.3 is 39.2 Å². The van der Waals surface area contributed by atoms with E-state index in [9.17, 15) is 4.79 Å². The van der Waals surface area contributed by atoms with Crippen LogP contribution in [0, 0.1) is 5.92 Å². The third-order valence-electron chi connectivity index (χ3n) is 8.20. The average Bonchev–Trinajstić information content (AvgIpc) is 3.03. The molecule has 4 atom stereocenters. The van der Waals surface area contributed by atoms with Gasteiger partial charge in [-0.15, -0.1) is 0 Å². The molecule has 0 radical (unpaired) electrons. The summed E-state index contributed by atoms with van der Waals surface area (Å²) in [4.78, 5) is 14.5. The molecule has 2 aliphatic rings. The predicted octanol–water partition coefficient (Wildman–Crippen LogP) is 4.28. The second-order valence-electron chi connectivity index (χ2n) is 11.5. The van der Waals surface area contributed by atoms with Crippen molar-refractivity contribution in [3.05, 3.63) is 59.2 Å². The van der Waals surface area contributed by atoms with Gasteiger partial charge in [0.15, 0.2) is 0 Å². The summed E-state index contributed by atoms with van der Waals surface area (Å²) in [6, 6.07) is 15.0. The number of carbonyl (C=O) groups is 1. The number of benzene rings is 2. The molecule has 0 saturated carbocycles. The highest BCUT2D eigenvalue weighted by Crippen LogP contribution is 2.35. The summed E-state index contributed by atoms with van der Waals surface area (Å²) < 4.78 is 29.3. The van der Waals surface area contributed by atoms with Crippen LogP contribution in [-0.2, 0) is 37.0 Å². The molecule has 2 N–H and O–H groups in total. The molecule has 2 aromatic rings. The van der Waals surface area contributed by atoms with Gasteiger partial charge in [-0.3, -0.25) is 4.79 Å². The van der Waals surface area contributed by atoms with Crippen molar-refractivity contribution in [2.24, 2.45) is 5.92 Å². The zero-order chi connectivity index (χ0) is 30.4. The van der Waals surface area contributed by atoms with Crippen LogP contribution in [0.15, 0.2) is 42.5 Å². The molecule has 2 aliphatic heterocycles. The smallest absolute Gasteiger partial charge is 0.219 e. The van der Waals surface area contributed by atoms with E-state index in [1.807, 2.05) is 20.8 Å². The third-order valence-corrected chi connectivity index (χ3v) is 8.20. The first-order chi connectivity index (χ1) is 21.0. The lowest BCUT2D eigenvalue weighted by Gasteiger charge is -2.39.